The number of hydrogen-bond acceptors (Lipinski definition) is 4. The van der Waals surface area contributed by atoms with Gasteiger partial charge < -0.3 is 20.7 Å². The molecule has 6 heteroatoms. The van der Waals surface area contributed by atoms with Gasteiger partial charge in [0.15, 0.2) is 0 Å². The second-order valence-corrected chi connectivity index (χ2v) is 5.64. The molecule has 1 aliphatic heterocycles. The molecule has 1 aromatic rings. The third kappa shape index (κ3) is 3.60. The number of nitrogens with one attached hydrogen (secondary N) is 1. The van der Waals surface area contributed by atoms with Crippen molar-refractivity contribution in [2.24, 2.45) is 0 Å². The summed E-state index contributed by atoms with van der Waals surface area (Å²) in [5.41, 5.74) is 8.32. The lowest BCUT2D eigenvalue weighted by molar-refractivity contribution is -0.124. The van der Waals surface area contributed by atoms with Gasteiger partial charge in [-0.2, -0.15) is 0 Å². The summed E-state index contributed by atoms with van der Waals surface area (Å²) in [7, 11) is 0. The molecular formula is C15H22ClN3O2. The number of nitrogens with two attached hydrogens (primary N) is 1. The fourth-order valence-corrected chi connectivity index (χ4v) is 2.64. The smallest absolute Gasteiger partial charge is 0.245 e. The third-order valence-corrected chi connectivity index (χ3v) is 3.93. The Balaban J connectivity index is 2.26. The van der Waals surface area contributed by atoms with Crippen LogP contribution in [0.4, 0.5) is 11.4 Å². The van der Waals surface area contributed by atoms with E-state index >= 15 is 0 Å². The summed E-state index contributed by atoms with van der Waals surface area (Å²) < 4.78 is 5.47. The third-order valence-electron chi connectivity index (χ3n) is 3.61. The van der Waals surface area contributed by atoms with Gasteiger partial charge in [0.25, 0.3) is 0 Å². The van der Waals surface area contributed by atoms with Crippen LogP contribution >= 0.6 is 11.6 Å². The largest absolute Gasteiger partial charge is 0.398 e. The quantitative estimate of drug-likeness (QED) is 0.834. The minimum absolute atomic E-state index is 0.0103. The zero-order chi connectivity index (χ0) is 15.4. The Kier molecular flexibility index (Phi) is 5.31. The van der Waals surface area contributed by atoms with Crippen LogP contribution in [0.5, 0.6) is 0 Å². The standard InChI is InChI=1S/C15H22ClN3O2/c1-3-4-18-15(20)14-9-21-6-5-19(14)13-8-11(16)12(17)7-10(13)2/h7-8,14H,3-6,9,17H2,1-2H3,(H,18,20). The molecule has 5 nitrogen and oxygen atoms in total. The molecular weight excluding hydrogens is 290 g/mol. The number of morpholine rings is 1. The van der Waals surface area contributed by atoms with Gasteiger partial charge in [0.1, 0.15) is 6.04 Å². The summed E-state index contributed by atoms with van der Waals surface area (Å²) in [6.45, 7) is 6.31. The molecule has 21 heavy (non-hydrogen) atoms. The van der Waals surface area contributed by atoms with E-state index < -0.39 is 0 Å². The van der Waals surface area contributed by atoms with E-state index in [0.717, 1.165) is 17.7 Å². The summed E-state index contributed by atoms with van der Waals surface area (Å²) in [4.78, 5) is 14.4. The second kappa shape index (κ2) is 7.00. The highest BCUT2D eigenvalue weighted by atomic mass is 35.5. The first-order valence-electron chi connectivity index (χ1n) is 7.22. The van der Waals surface area contributed by atoms with Crippen molar-refractivity contribution in [2.45, 2.75) is 26.3 Å². The normalized spacial score (nSPS) is 18.6. The number of anilines is 2. The molecule has 1 heterocycles. The van der Waals surface area contributed by atoms with Gasteiger partial charge >= 0.3 is 0 Å². The van der Waals surface area contributed by atoms with Crippen LogP contribution in [0.2, 0.25) is 5.02 Å². The summed E-state index contributed by atoms with van der Waals surface area (Å²) in [6.07, 6.45) is 0.909. The van der Waals surface area contributed by atoms with Gasteiger partial charge in [-0.05, 0) is 31.0 Å². The van der Waals surface area contributed by atoms with E-state index in [1.54, 1.807) is 0 Å². The van der Waals surface area contributed by atoms with Crippen molar-refractivity contribution >= 4 is 28.9 Å². The average molecular weight is 312 g/mol. The number of ether oxygens (including phenoxy) is 1. The van der Waals surface area contributed by atoms with Crippen LogP contribution < -0.4 is 16.0 Å². The monoisotopic (exact) mass is 311 g/mol. The fourth-order valence-electron chi connectivity index (χ4n) is 2.48. The minimum Gasteiger partial charge on any atom is -0.398 e. The Bertz CT molecular complexity index is 522. The maximum absolute atomic E-state index is 12.3. The van der Waals surface area contributed by atoms with Gasteiger partial charge in [-0.1, -0.05) is 18.5 Å². The van der Waals surface area contributed by atoms with E-state index in [1.165, 1.54) is 0 Å². The Morgan fingerprint density at radius 3 is 3.05 bits per heavy atom. The maximum atomic E-state index is 12.3. The van der Waals surface area contributed by atoms with Crippen molar-refractivity contribution in [1.29, 1.82) is 0 Å². The summed E-state index contributed by atoms with van der Waals surface area (Å²) in [5.74, 6) is -0.0103. The van der Waals surface area contributed by atoms with Crippen LogP contribution in [0.25, 0.3) is 0 Å². The van der Waals surface area contributed by atoms with Gasteiger partial charge in [-0.15, -0.1) is 0 Å². The van der Waals surface area contributed by atoms with Crippen LogP contribution in [-0.4, -0.2) is 38.3 Å². The summed E-state index contributed by atoms with van der Waals surface area (Å²) in [5, 5.41) is 3.44. The maximum Gasteiger partial charge on any atom is 0.245 e. The molecule has 1 amide bonds. The predicted octanol–water partition coefficient (Wildman–Crippen LogP) is 1.96. The Hall–Kier alpha value is -1.46. The molecule has 0 spiro atoms. The first kappa shape index (κ1) is 15.9. The van der Waals surface area contributed by atoms with Crippen molar-refractivity contribution in [2.75, 3.05) is 36.9 Å². The fraction of sp³-hybridized carbons (Fsp3) is 0.533. The van der Waals surface area contributed by atoms with Gasteiger partial charge in [-0.3, -0.25) is 4.79 Å². The molecule has 1 atom stereocenters. The highest BCUT2D eigenvalue weighted by molar-refractivity contribution is 6.33. The van der Waals surface area contributed by atoms with Gasteiger partial charge in [0.2, 0.25) is 5.91 Å². The molecule has 0 aromatic heterocycles. The molecule has 1 aromatic carbocycles. The molecule has 1 fully saturated rings. The lowest BCUT2D eigenvalue weighted by atomic mass is 10.1. The van der Waals surface area contributed by atoms with Crippen LogP contribution in [-0.2, 0) is 9.53 Å². The molecule has 0 saturated carbocycles. The number of amides is 1. The molecule has 3 N–H and O–H groups in total. The summed E-state index contributed by atoms with van der Waals surface area (Å²) >= 11 is 6.13. The van der Waals surface area contributed by atoms with Gasteiger partial charge in [0.05, 0.1) is 23.9 Å². The molecule has 1 unspecified atom stereocenters. The number of halogens is 1. The highest BCUT2D eigenvalue weighted by Gasteiger charge is 2.30. The molecule has 2 rings (SSSR count). The number of nitrogens with zero attached hydrogens (tertiary/aromatic N) is 1. The van der Waals surface area contributed by atoms with Crippen molar-refractivity contribution < 1.29 is 9.53 Å². The van der Waals surface area contributed by atoms with E-state index in [1.807, 2.05) is 26.0 Å². The zero-order valence-corrected chi connectivity index (χ0v) is 13.2. The van der Waals surface area contributed by atoms with Gasteiger partial charge in [0, 0.05) is 18.8 Å². The molecule has 1 aliphatic rings. The lowest BCUT2D eigenvalue weighted by Gasteiger charge is -2.37. The number of benzene rings is 1. The average Bonchev–Trinajstić information content (AvgIpc) is 2.48. The Morgan fingerprint density at radius 1 is 1.57 bits per heavy atom. The second-order valence-electron chi connectivity index (χ2n) is 5.24. The number of aryl methyl sites for hydroxylation is 1. The predicted molar refractivity (Wildman–Crippen MR) is 85.9 cm³/mol. The number of carbonyl (C=O) groups is 1. The Morgan fingerprint density at radius 2 is 2.33 bits per heavy atom. The molecule has 0 aliphatic carbocycles. The number of hydrogen-bond donors (Lipinski definition) is 2. The van der Waals surface area contributed by atoms with Crippen LogP contribution in [0, 0.1) is 6.92 Å². The van der Waals surface area contributed by atoms with Crippen molar-refractivity contribution in [1.82, 2.24) is 5.32 Å². The van der Waals surface area contributed by atoms with Gasteiger partial charge in [-0.25, -0.2) is 0 Å². The first-order chi connectivity index (χ1) is 10.0. The van der Waals surface area contributed by atoms with E-state index in [-0.39, 0.29) is 11.9 Å². The van der Waals surface area contributed by atoms with Crippen molar-refractivity contribution in [3.63, 3.8) is 0 Å². The van der Waals surface area contributed by atoms with Crippen LogP contribution in [0.1, 0.15) is 18.9 Å². The molecule has 0 bridgehead atoms. The lowest BCUT2D eigenvalue weighted by Crippen LogP contribution is -2.54. The highest BCUT2D eigenvalue weighted by Crippen LogP contribution is 2.31. The SMILES string of the molecule is CCCNC(=O)C1COCCN1c1cc(Cl)c(N)cc1C. The van der Waals surface area contributed by atoms with E-state index in [2.05, 4.69) is 10.2 Å². The topological polar surface area (TPSA) is 67.6 Å². The van der Waals surface area contributed by atoms with E-state index in [4.69, 9.17) is 22.1 Å². The Labute approximate surface area is 130 Å². The van der Waals surface area contributed by atoms with Crippen LogP contribution in [0.15, 0.2) is 12.1 Å². The number of carbonyl (C=O) groups excluding carboxylic acids is 1. The molecule has 1 saturated heterocycles. The summed E-state index contributed by atoms with van der Waals surface area (Å²) in [6, 6.07) is 3.34. The molecule has 116 valence electrons. The number of rotatable bonds is 4. The van der Waals surface area contributed by atoms with Crippen molar-refractivity contribution in [3.05, 3.63) is 22.7 Å². The van der Waals surface area contributed by atoms with E-state index in [0.29, 0.717) is 37.0 Å². The van der Waals surface area contributed by atoms with Crippen molar-refractivity contribution in [3.8, 4) is 0 Å². The molecule has 0 radical (unpaired) electrons. The van der Waals surface area contributed by atoms with E-state index in [9.17, 15) is 4.79 Å². The number of nitrogen functional groups attached to an aromatic ring is 1. The first-order valence-corrected chi connectivity index (χ1v) is 7.60. The van der Waals surface area contributed by atoms with Crippen LogP contribution in [0.3, 0.4) is 0 Å². The minimum atomic E-state index is -0.330. The zero-order valence-electron chi connectivity index (χ0n) is 12.5.